The molecule has 1 aliphatic carbocycles. The summed E-state index contributed by atoms with van der Waals surface area (Å²) in [7, 11) is 1.39. The minimum absolute atomic E-state index is 0.0325. The highest BCUT2D eigenvalue weighted by Crippen LogP contribution is 2.37. The lowest BCUT2D eigenvalue weighted by Crippen LogP contribution is -2.20. The number of methoxy groups -OCH3 is 1. The van der Waals surface area contributed by atoms with Crippen molar-refractivity contribution in [3.05, 3.63) is 47.5 Å². The summed E-state index contributed by atoms with van der Waals surface area (Å²) in [5.74, 6) is 1.18. The molecule has 0 bridgehead atoms. The largest absolute Gasteiger partial charge is 0.478 e. The molecular formula is C32H55FN2O4. The Hall–Kier alpha value is -2.70. The summed E-state index contributed by atoms with van der Waals surface area (Å²) in [5, 5.41) is 0. The van der Waals surface area contributed by atoms with E-state index in [1.165, 1.54) is 13.3 Å². The smallest absolute Gasteiger partial charge is 0.306 e. The van der Waals surface area contributed by atoms with Crippen molar-refractivity contribution in [2.45, 2.75) is 113 Å². The zero-order valence-corrected chi connectivity index (χ0v) is 26.5. The van der Waals surface area contributed by atoms with Crippen LogP contribution in [0, 0.1) is 11.7 Å². The molecule has 0 radical (unpaired) electrons. The quantitative estimate of drug-likeness (QED) is 0.290. The summed E-state index contributed by atoms with van der Waals surface area (Å²) >= 11 is 0. The molecule has 2 heterocycles. The van der Waals surface area contributed by atoms with E-state index in [2.05, 4.69) is 9.97 Å². The Kier molecular flexibility index (Phi) is 24.0. The van der Waals surface area contributed by atoms with Gasteiger partial charge in [-0.1, -0.05) is 62.3 Å². The molecule has 6 nitrogen and oxygen atoms in total. The average Bonchev–Trinajstić information content (AvgIpc) is 3.01. The van der Waals surface area contributed by atoms with Gasteiger partial charge in [0.2, 0.25) is 11.8 Å². The molecule has 224 valence electrons. The van der Waals surface area contributed by atoms with E-state index in [1.54, 1.807) is 12.3 Å². The number of pyridine rings is 2. The van der Waals surface area contributed by atoms with Gasteiger partial charge in [0.25, 0.3) is 0 Å². The number of rotatable bonds is 9. The van der Waals surface area contributed by atoms with E-state index in [1.807, 2.05) is 81.4 Å². The monoisotopic (exact) mass is 550 g/mol. The van der Waals surface area contributed by atoms with Gasteiger partial charge >= 0.3 is 5.97 Å². The minimum atomic E-state index is -0.259. The molecule has 3 rings (SSSR count). The fraction of sp³-hybridized carbons (Fsp3) is 0.656. The first kappa shape index (κ1) is 38.4. The van der Waals surface area contributed by atoms with E-state index < -0.39 is 0 Å². The van der Waals surface area contributed by atoms with Gasteiger partial charge in [0.05, 0.1) is 32.9 Å². The lowest BCUT2D eigenvalue weighted by atomic mass is 9.79. The van der Waals surface area contributed by atoms with Gasteiger partial charge in [0.15, 0.2) is 0 Å². The number of aromatic nitrogens is 2. The standard InChI is InChI=1S/C24H31FN2O4.4C2H6/c1-4-30-23-13-20(21(25)14-27-23)18-7-5-17(6-8-18)15-31-22-12-19(9-10-26-22)16(2)11-24(28)29-3;4*1-2/h9-10,12-14,16-18H,4-8,11,15H2,1-3H3;4*1-2H3/t16-,17?,18?;;;;/m1..../s1. The van der Waals surface area contributed by atoms with Crippen molar-refractivity contribution in [2.24, 2.45) is 5.92 Å². The first-order valence-electron chi connectivity index (χ1n) is 14.9. The van der Waals surface area contributed by atoms with Crippen LogP contribution >= 0.6 is 0 Å². The van der Waals surface area contributed by atoms with Gasteiger partial charge in [-0.2, -0.15) is 0 Å². The van der Waals surface area contributed by atoms with Gasteiger partial charge in [-0.25, -0.2) is 14.4 Å². The molecule has 1 saturated carbocycles. The number of nitrogens with zero attached hydrogens (tertiary/aromatic N) is 2. The summed E-state index contributed by atoms with van der Waals surface area (Å²) in [6.45, 7) is 21.0. The van der Waals surface area contributed by atoms with Gasteiger partial charge < -0.3 is 14.2 Å². The summed E-state index contributed by atoms with van der Waals surface area (Å²) in [6, 6.07) is 5.53. The average molecular weight is 551 g/mol. The summed E-state index contributed by atoms with van der Waals surface area (Å²) in [4.78, 5) is 19.8. The highest BCUT2D eigenvalue weighted by atomic mass is 19.1. The summed E-state index contributed by atoms with van der Waals surface area (Å²) < 4.78 is 30.4. The van der Waals surface area contributed by atoms with Crippen LogP contribution in [-0.4, -0.2) is 36.3 Å². The fourth-order valence-electron chi connectivity index (χ4n) is 4.08. The maximum Gasteiger partial charge on any atom is 0.306 e. The number of hydrogen-bond acceptors (Lipinski definition) is 6. The number of esters is 1. The molecule has 0 spiro atoms. The molecule has 1 atom stereocenters. The van der Waals surface area contributed by atoms with Crippen molar-refractivity contribution >= 4 is 5.97 Å². The molecule has 1 aliphatic rings. The Morgan fingerprint density at radius 1 is 0.949 bits per heavy atom. The fourth-order valence-corrected chi connectivity index (χ4v) is 4.08. The molecule has 1 fully saturated rings. The summed E-state index contributed by atoms with van der Waals surface area (Å²) in [6.07, 6.45) is 7.03. The molecule has 0 amide bonds. The van der Waals surface area contributed by atoms with Gasteiger partial charge in [0, 0.05) is 18.3 Å². The molecule has 7 heteroatoms. The second kappa shape index (κ2) is 24.3. The molecule has 0 unspecified atom stereocenters. The zero-order chi connectivity index (χ0) is 30.2. The Balaban J connectivity index is 0. The third-order valence-corrected chi connectivity index (χ3v) is 5.93. The predicted molar refractivity (Wildman–Crippen MR) is 160 cm³/mol. The van der Waals surface area contributed by atoms with Crippen LogP contribution in [0.5, 0.6) is 11.8 Å². The third kappa shape index (κ3) is 14.3. The van der Waals surface area contributed by atoms with E-state index in [-0.39, 0.29) is 23.6 Å². The van der Waals surface area contributed by atoms with E-state index >= 15 is 0 Å². The second-order valence-corrected chi connectivity index (χ2v) is 8.11. The molecule has 0 saturated heterocycles. The SMILES string of the molecule is CC.CC.CC.CC.CCOc1cc(C2CCC(COc3cc([C@H](C)CC(=O)OC)ccn3)CC2)c(F)cn1. The van der Waals surface area contributed by atoms with Crippen molar-refractivity contribution in [3.63, 3.8) is 0 Å². The van der Waals surface area contributed by atoms with Crippen LogP contribution in [0.4, 0.5) is 4.39 Å². The Bertz CT molecular complexity index is 871. The number of ether oxygens (including phenoxy) is 3. The van der Waals surface area contributed by atoms with E-state index in [0.717, 1.165) is 31.2 Å². The highest BCUT2D eigenvalue weighted by Gasteiger charge is 2.25. The molecule has 0 aliphatic heterocycles. The first-order valence-corrected chi connectivity index (χ1v) is 14.9. The molecular weight excluding hydrogens is 495 g/mol. The molecule has 2 aromatic rings. The van der Waals surface area contributed by atoms with E-state index in [9.17, 15) is 9.18 Å². The second-order valence-electron chi connectivity index (χ2n) is 8.11. The van der Waals surface area contributed by atoms with Crippen molar-refractivity contribution in [1.29, 1.82) is 0 Å². The topological polar surface area (TPSA) is 70.5 Å². The molecule has 2 aromatic heterocycles. The van der Waals surface area contributed by atoms with Gasteiger partial charge in [0.1, 0.15) is 5.82 Å². The highest BCUT2D eigenvalue weighted by molar-refractivity contribution is 5.70. The van der Waals surface area contributed by atoms with Crippen molar-refractivity contribution in [2.75, 3.05) is 20.3 Å². The Labute approximate surface area is 238 Å². The van der Waals surface area contributed by atoms with Crippen LogP contribution in [-0.2, 0) is 9.53 Å². The third-order valence-electron chi connectivity index (χ3n) is 5.93. The van der Waals surface area contributed by atoms with Crippen LogP contribution in [0.1, 0.15) is 124 Å². The lowest BCUT2D eigenvalue weighted by molar-refractivity contribution is -0.140. The van der Waals surface area contributed by atoms with E-state index in [4.69, 9.17) is 14.2 Å². The zero-order valence-electron chi connectivity index (χ0n) is 26.5. The number of hydrogen-bond donors (Lipinski definition) is 0. The van der Waals surface area contributed by atoms with Crippen LogP contribution < -0.4 is 9.47 Å². The van der Waals surface area contributed by atoms with Crippen molar-refractivity contribution in [1.82, 2.24) is 9.97 Å². The summed E-state index contributed by atoms with van der Waals surface area (Å²) in [5.41, 5.74) is 1.70. The van der Waals surface area contributed by atoms with Crippen LogP contribution in [0.3, 0.4) is 0 Å². The van der Waals surface area contributed by atoms with Crippen LogP contribution in [0.25, 0.3) is 0 Å². The minimum Gasteiger partial charge on any atom is -0.478 e. The normalized spacial score (nSPS) is 16.1. The molecule has 0 N–H and O–H groups in total. The van der Waals surface area contributed by atoms with Crippen molar-refractivity contribution in [3.8, 4) is 11.8 Å². The predicted octanol–water partition coefficient (Wildman–Crippen LogP) is 9.14. The van der Waals surface area contributed by atoms with E-state index in [0.29, 0.717) is 42.9 Å². The number of carbonyl (C=O) groups is 1. The van der Waals surface area contributed by atoms with Crippen LogP contribution in [0.2, 0.25) is 0 Å². The van der Waals surface area contributed by atoms with Crippen LogP contribution in [0.15, 0.2) is 30.6 Å². The van der Waals surface area contributed by atoms with Gasteiger partial charge in [-0.3, -0.25) is 4.79 Å². The van der Waals surface area contributed by atoms with Crippen molar-refractivity contribution < 1.29 is 23.4 Å². The first-order chi connectivity index (χ1) is 19.0. The maximum atomic E-state index is 14.3. The molecule has 39 heavy (non-hydrogen) atoms. The van der Waals surface area contributed by atoms with Gasteiger partial charge in [-0.15, -0.1) is 0 Å². The lowest BCUT2D eigenvalue weighted by Gasteiger charge is -2.29. The maximum absolute atomic E-state index is 14.3. The van der Waals surface area contributed by atoms with Gasteiger partial charge in [-0.05, 0) is 67.6 Å². The number of carbonyl (C=O) groups excluding carboxylic acids is 1. The molecule has 0 aromatic carbocycles. The number of halogens is 1. The Morgan fingerprint density at radius 3 is 2.10 bits per heavy atom. The Morgan fingerprint density at radius 2 is 1.54 bits per heavy atom.